The van der Waals surface area contributed by atoms with Crippen LogP contribution in [-0.2, 0) is 14.3 Å². The summed E-state index contributed by atoms with van der Waals surface area (Å²) in [6.45, 7) is -0.0475. The average molecular weight is 245 g/mol. The zero-order valence-corrected chi connectivity index (χ0v) is 9.61. The smallest absolute Gasteiger partial charge is 0.251 e. The maximum atomic E-state index is 11.2. The van der Waals surface area contributed by atoms with E-state index < -0.39 is 11.5 Å². The first kappa shape index (κ1) is 11.6. The third-order valence-corrected chi connectivity index (χ3v) is 3.38. The van der Waals surface area contributed by atoms with E-state index in [9.17, 15) is 9.90 Å². The van der Waals surface area contributed by atoms with Gasteiger partial charge in [-0.1, -0.05) is 6.08 Å². The molecule has 3 unspecified atom stereocenters. The highest BCUT2D eigenvalue weighted by molar-refractivity contribution is 6.67. The van der Waals surface area contributed by atoms with Gasteiger partial charge in [-0.15, -0.1) is 0 Å². The lowest BCUT2D eigenvalue weighted by Gasteiger charge is -2.33. The third-order valence-electron chi connectivity index (χ3n) is 3.16. The predicted octanol–water partition coefficient (Wildman–Crippen LogP) is 1.19. The molecule has 16 heavy (non-hydrogen) atoms. The monoisotopic (exact) mass is 244 g/mol. The van der Waals surface area contributed by atoms with Crippen molar-refractivity contribution in [1.82, 2.24) is 0 Å². The minimum Gasteiger partial charge on any atom is -0.471 e. The van der Waals surface area contributed by atoms with Crippen LogP contribution in [0.3, 0.4) is 0 Å². The molecule has 0 amide bonds. The molecule has 2 aliphatic rings. The molecule has 0 aromatic heterocycles. The summed E-state index contributed by atoms with van der Waals surface area (Å²) < 4.78 is 10.5. The summed E-state index contributed by atoms with van der Waals surface area (Å²) in [6, 6.07) is 0. The highest BCUT2D eigenvalue weighted by Gasteiger charge is 2.43. The Balaban J connectivity index is 2.29. The van der Waals surface area contributed by atoms with Crippen molar-refractivity contribution >= 4 is 16.8 Å². The van der Waals surface area contributed by atoms with Crippen LogP contribution in [-0.4, -0.2) is 30.4 Å². The highest BCUT2D eigenvalue weighted by atomic mass is 35.5. The molecule has 0 aromatic carbocycles. The van der Waals surface area contributed by atoms with E-state index in [1.165, 1.54) is 13.4 Å². The summed E-state index contributed by atoms with van der Waals surface area (Å²) in [4.78, 5) is 11.2. The van der Waals surface area contributed by atoms with Gasteiger partial charge in [-0.2, -0.15) is 0 Å². The molecule has 4 nitrogen and oxygen atoms in total. The number of carbonyl (C=O) groups is 1. The summed E-state index contributed by atoms with van der Waals surface area (Å²) in [6.07, 6.45) is 3.53. The molecule has 1 N–H and O–H groups in total. The number of hydrogen-bond acceptors (Lipinski definition) is 4. The number of hydrogen-bond donors (Lipinski definition) is 1. The molecular weight excluding hydrogens is 232 g/mol. The van der Waals surface area contributed by atoms with Crippen molar-refractivity contribution in [3.05, 3.63) is 23.5 Å². The molecule has 0 aromatic rings. The van der Waals surface area contributed by atoms with Gasteiger partial charge in [0, 0.05) is 13.0 Å². The quantitative estimate of drug-likeness (QED) is 0.599. The van der Waals surface area contributed by atoms with E-state index in [0.717, 1.165) is 5.57 Å². The van der Waals surface area contributed by atoms with E-state index in [2.05, 4.69) is 0 Å². The molecule has 1 heterocycles. The van der Waals surface area contributed by atoms with Crippen LogP contribution < -0.4 is 0 Å². The van der Waals surface area contributed by atoms with E-state index in [1.807, 2.05) is 6.08 Å². The zero-order valence-electron chi connectivity index (χ0n) is 8.85. The van der Waals surface area contributed by atoms with Gasteiger partial charge in [-0.05, 0) is 23.6 Å². The van der Waals surface area contributed by atoms with Gasteiger partial charge in [-0.3, -0.25) is 4.79 Å². The zero-order chi connectivity index (χ0) is 11.7. The number of allylic oxidation sites excluding steroid dienone is 2. The van der Waals surface area contributed by atoms with E-state index >= 15 is 0 Å². The summed E-state index contributed by atoms with van der Waals surface area (Å²) >= 11 is 5.49. The molecule has 2 rings (SSSR count). The normalized spacial score (nSPS) is 32.6. The van der Waals surface area contributed by atoms with Crippen LogP contribution >= 0.6 is 11.6 Å². The second kappa shape index (κ2) is 4.57. The molecule has 0 bridgehead atoms. The predicted molar refractivity (Wildman–Crippen MR) is 57.6 cm³/mol. The standard InChI is InChI=1S/C11H13ClO4/c1-15-11-9-6(4-13)2-3-7(9)8(5-16-11)10(12)14/h2,5,7,9,11,13H,3-4H2,1H3. The van der Waals surface area contributed by atoms with Crippen LogP contribution in [0.25, 0.3) is 0 Å². The van der Waals surface area contributed by atoms with E-state index in [4.69, 9.17) is 21.1 Å². The first-order valence-electron chi connectivity index (χ1n) is 5.07. The molecule has 0 spiro atoms. The van der Waals surface area contributed by atoms with Gasteiger partial charge < -0.3 is 14.6 Å². The molecular formula is C11H13ClO4. The van der Waals surface area contributed by atoms with Crippen LogP contribution in [0.2, 0.25) is 0 Å². The molecule has 0 fully saturated rings. The van der Waals surface area contributed by atoms with Gasteiger partial charge in [-0.25, -0.2) is 0 Å². The van der Waals surface area contributed by atoms with Crippen molar-refractivity contribution in [2.75, 3.05) is 13.7 Å². The number of methoxy groups -OCH3 is 1. The van der Waals surface area contributed by atoms with Crippen molar-refractivity contribution in [1.29, 1.82) is 0 Å². The van der Waals surface area contributed by atoms with Crippen molar-refractivity contribution in [2.24, 2.45) is 11.8 Å². The fraction of sp³-hybridized carbons (Fsp3) is 0.545. The number of halogens is 1. The van der Waals surface area contributed by atoms with Gasteiger partial charge in [0.05, 0.1) is 24.4 Å². The second-order valence-corrected chi connectivity index (χ2v) is 4.24. The Hall–Kier alpha value is -0.840. The number of aliphatic hydroxyl groups is 1. The first-order chi connectivity index (χ1) is 7.69. The van der Waals surface area contributed by atoms with Gasteiger partial charge >= 0.3 is 0 Å². The fourth-order valence-electron chi connectivity index (χ4n) is 2.38. The Labute approximate surface area is 98.5 Å². The Bertz CT molecular complexity index is 361. The SMILES string of the molecule is COC1OC=C(C(=O)Cl)C2CC=C(CO)C12. The Morgan fingerprint density at radius 2 is 2.50 bits per heavy atom. The van der Waals surface area contributed by atoms with Crippen molar-refractivity contribution in [3.8, 4) is 0 Å². The largest absolute Gasteiger partial charge is 0.471 e. The summed E-state index contributed by atoms with van der Waals surface area (Å²) in [5.74, 6) is -0.149. The van der Waals surface area contributed by atoms with Crippen LogP contribution in [0.15, 0.2) is 23.5 Å². The minimum absolute atomic E-state index is 0.0363. The lowest BCUT2D eigenvalue weighted by molar-refractivity contribution is -0.133. The molecule has 0 saturated heterocycles. The fourth-order valence-corrected chi connectivity index (χ4v) is 2.57. The summed E-state index contributed by atoms with van der Waals surface area (Å²) in [5.41, 5.74) is 1.31. The third kappa shape index (κ3) is 1.77. The number of rotatable bonds is 3. The molecule has 88 valence electrons. The van der Waals surface area contributed by atoms with Crippen LogP contribution in [0.5, 0.6) is 0 Å². The Morgan fingerprint density at radius 3 is 3.06 bits per heavy atom. The topological polar surface area (TPSA) is 55.8 Å². The minimum atomic E-state index is -0.503. The molecule has 1 aliphatic heterocycles. The van der Waals surface area contributed by atoms with Crippen LogP contribution in [0.1, 0.15) is 6.42 Å². The van der Waals surface area contributed by atoms with Crippen molar-refractivity contribution in [3.63, 3.8) is 0 Å². The molecule has 0 saturated carbocycles. The Kier molecular flexibility index (Phi) is 3.33. The first-order valence-corrected chi connectivity index (χ1v) is 5.44. The Morgan fingerprint density at radius 1 is 1.75 bits per heavy atom. The lowest BCUT2D eigenvalue weighted by Crippen LogP contribution is -2.36. The number of aliphatic hydroxyl groups excluding tert-OH is 1. The summed E-state index contributed by atoms with van der Waals surface area (Å²) in [7, 11) is 1.54. The maximum Gasteiger partial charge on any atom is 0.251 e. The highest BCUT2D eigenvalue weighted by Crippen LogP contribution is 2.43. The van der Waals surface area contributed by atoms with Gasteiger partial charge in [0.1, 0.15) is 0 Å². The van der Waals surface area contributed by atoms with Crippen molar-refractivity contribution in [2.45, 2.75) is 12.7 Å². The number of carbonyl (C=O) groups excluding carboxylic acids is 1. The molecule has 0 radical (unpaired) electrons. The lowest BCUT2D eigenvalue weighted by atomic mass is 9.84. The second-order valence-electron chi connectivity index (χ2n) is 3.89. The van der Waals surface area contributed by atoms with Crippen LogP contribution in [0, 0.1) is 11.8 Å². The van der Waals surface area contributed by atoms with E-state index in [-0.39, 0.29) is 18.4 Å². The van der Waals surface area contributed by atoms with Gasteiger partial charge in [0.15, 0.2) is 0 Å². The molecule has 1 aliphatic carbocycles. The van der Waals surface area contributed by atoms with E-state index in [1.54, 1.807) is 0 Å². The number of ether oxygens (including phenoxy) is 2. The maximum absolute atomic E-state index is 11.2. The van der Waals surface area contributed by atoms with Crippen molar-refractivity contribution < 1.29 is 19.4 Å². The van der Waals surface area contributed by atoms with Gasteiger partial charge in [0.2, 0.25) is 6.29 Å². The van der Waals surface area contributed by atoms with Gasteiger partial charge in [0.25, 0.3) is 5.24 Å². The summed E-state index contributed by atoms with van der Waals surface area (Å²) in [5, 5.41) is 8.72. The van der Waals surface area contributed by atoms with E-state index in [0.29, 0.717) is 12.0 Å². The average Bonchev–Trinajstić information content (AvgIpc) is 2.71. The van der Waals surface area contributed by atoms with Crippen LogP contribution in [0.4, 0.5) is 0 Å². The number of fused-ring (bicyclic) bond motifs is 1. The molecule has 3 atom stereocenters. The molecule has 5 heteroatoms.